The molecule has 0 spiro atoms. The Labute approximate surface area is 115 Å². The highest BCUT2D eigenvalue weighted by Crippen LogP contribution is 2.18. The Morgan fingerprint density at radius 3 is 2.68 bits per heavy atom. The first-order valence-electron chi connectivity index (χ1n) is 7.47. The summed E-state index contributed by atoms with van der Waals surface area (Å²) in [7, 11) is 0. The topological polar surface area (TPSA) is 61.4 Å². The van der Waals surface area contributed by atoms with Crippen LogP contribution >= 0.6 is 0 Å². The minimum absolute atomic E-state index is 0.0108. The van der Waals surface area contributed by atoms with Crippen molar-refractivity contribution in [2.24, 2.45) is 11.8 Å². The highest BCUT2D eigenvalue weighted by atomic mass is 16.2. The number of piperidine rings is 1. The van der Waals surface area contributed by atoms with Crippen LogP contribution in [0.25, 0.3) is 0 Å². The van der Waals surface area contributed by atoms with Crippen molar-refractivity contribution in [1.82, 2.24) is 15.5 Å². The molecule has 108 valence electrons. The maximum atomic E-state index is 12.5. The zero-order chi connectivity index (χ0) is 13.7. The van der Waals surface area contributed by atoms with Crippen molar-refractivity contribution in [3.8, 4) is 0 Å². The molecule has 2 aliphatic heterocycles. The van der Waals surface area contributed by atoms with E-state index in [-0.39, 0.29) is 17.7 Å². The number of rotatable bonds is 5. The molecule has 2 fully saturated rings. The van der Waals surface area contributed by atoms with Gasteiger partial charge in [-0.2, -0.15) is 0 Å². The number of nitrogens with one attached hydrogen (secondary N) is 2. The molecular formula is C14H25N3O2. The largest absolute Gasteiger partial charge is 0.355 e. The molecule has 0 saturated carbocycles. The smallest absolute Gasteiger partial charge is 0.227 e. The summed E-state index contributed by atoms with van der Waals surface area (Å²) in [5.41, 5.74) is 0. The Kier molecular flexibility index (Phi) is 5.19. The van der Waals surface area contributed by atoms with E-state index < -0.39 is 0 Å². The average molecular weight is 267 g/mol. The van der Waals surface area contributed by atoms with Gasteiger partial charge in [0.1, 0.15) is 0 Å². The molecule has 2 rings (SSSR count). The Balaban J connectivity index is 1.90. The highest BCUT2D eigenvalue weighted by molar-refractivity contribution is 5.89. The number of carbonyl (C=O) groups excluding carboxylic acids is 2. The van der Waals surface area contributed by atoms with Crippen LogP contribution in [0, 0.1) is 11.8 Å². The Morgan fingerprint density at radius 1 is 1.37 bits per heavy atom. The van der Waals surface area contributed by atoms with E-state index in [0.29, 0.717) is 18.9 Å². The van der Waals surface area contributed by atoms with E-state index in [4.69, 9.17) is 0 Å². The van der Waals surface area contributed by atoms with Gasteiger partial charge in [0.25, 0.3) is 0 Å². The lowest BCUT2D eigenvalue weighted by Gasteiger charge is -2.31. The molecule has 2 N–H and O–H groups in total. The number of carbonyl (C=O) groups is 2. The van der Waals surface area contributed by atoms with Gasteiger partial charge in [0.2, 0.25) is 11.8 Å². The van der Waals surface area contributed by atoms with Crippen molar-refractivity contribution < 1.29 is 9.59 Å². The van der Waals surface area contributed by atoms with Crippen LogP contribution in [-0.2, 0) is 9.59 Å². The summed E-state index contributed by atoms with van der Waals surface area (Å²) in [4.78, 5) is 25.7. The molecule has 0 aromatic rings. The molecule has 2 heterocycles. The van der Waals surface area contributed by atoms with Crippen molar-refractivity contribution in [1.29, 1.82) is 0 Å². The predicted molar refractivity (Wildman–Crippen MR) is 73.6 cm³/mol. The van der Waals surface area contributed by atoms with Crippen molar-refractivity contribution in [2.75, 3.05) is 32.7 Å². The third-order valence-corrected chi connectivity index (χ3v) is 4.07. The monoisotopic (exact) mass is 267 g/mol. The standard InChI is InChI=1S/C14H25N3O2/c1-2-7-17(10-11-3-5-15-6-4-11)14(19)12-8-13(18)16-9-12/h11-12,15H,2-10H2,1H3,(H,16,18). The fourth-order valence-corrected chi connectivity index (χ4v) is 2.98. The van der Waals surface area contributed by atoms with Crippen molar-refractivity contribution >= 4 is 11.8 Å². The molecule has 2 saturated heterocycles. The molecule has 0 aromatic carbocycles. The second-order valence-electron chi connectivity index (χ2n) is 5.68. The minimum Gasteiger partial charge on any atom is -0.355 e. The quantitative estimate of drug-likeness (QED) is 0.756. The number of amides is 2. The van der Waals surface area contributed by atoms with Gasteiger partial charge in [0.05, 0.1) is 5.92 Å². The molecule has 0 bridgehead atoms. The van der Waals surface area contributed by atoms with Crippen LogP contribution in [0.3, 0.4) is 0 Å². The van der Waals surface area contributed by atoms with Gasteiger partial charge in [-0.15, -0.1) is 0 Å². The molecule has 19 heavy (non-hydrogen) atoms. The summed E-state index contributed by atoms with van der Waals surface area (Å²) in [6.45, 7) is 6.40. The minimum atomic E-state index is -0.138. The molecule has 0 aliphatic carbocycles. The lowest BCUT2D eigenvalue weighted by atomic mass is 9.96. The molecule has 0 radical (unpaired) electrons. The maximum Gasteiger partial charge on any atom is 0.227 e. The lowest BCUT2D eigenvalue weighted by molar-refractivity contribution is -0.136. The SMILES string of the molecule is CCCN(CC1CCNCC1)C(=O)C1CNC(=O)C1. The van der Waals surface area contributed by atoms with Crippen LogP contribution in [0.4, 0.5) is 0 Å². The van der Waals surface area contributed by atoms with Crippen LogP contribution in [-0.4, -0.2) is 49.4 Å². The number of hydrogen-bond acceptors (Lipinski definition) is 3. The van der Waals surface area contributed by atoms with Crippen molar-refractivity contribution in [2.45, 2.75) is 32.6 Å². The zero-order valence-electron chi connectivity index (χ0n) is 11.8. The zero-order valence-corrected chi connectivity index (χ0v) is 11.8. The van der Waals surface area contributed by atoms with E-state index in [1.54, 1.807) is 0 Å². The first kappa shape index (κ1) is 14.3. The van der Waals surface area contributed by atoms with E-state index in [2.05, 4.69) is 17.6 Å². The molecule has 0 aromatic heterocycles. The van der Waals surface area contributed by atoms with E-state index in [1.165, 1.54) is 0 Å². The Hall–Kier alpha value is -1.10. The highest BCUT2D eigenvalue weighted by Gasteiger charge is 2.32. The summed E-state index contributed by atoms with van der Waals surface area (Å²) in [5, 5.41) is 6.11. The second-order valence-corrected chi connectivity index (χ2v) is 5.68. The van der Waals surface area contributed by atoms with Gasteiger partial charge in [-0.05, 0) is 38.3 Å². The van der Waals surface area contributed by atoms with Gasteiger partial charge >= 0.3 is 0 Å². The first-order chi connectivity index (χ1) is 9.20. The maximum absolute atomic E-state index is 12.5. The normalized spacial score (nSPS) is 24.3. The molecule has 5 heteroatoms. The Morgan fingerprint density at radius 2 is 2.11 bits per heavy atom. The fraction of sp³-hybridized carbons (Fsp3) is 0.857. The van der Waals surface area contributed by atoms with Crippen molar-refractivity contribution in [3.63, 3.8) is 0 Å². The van der Waals surface area contributed by atoms with Gasteiger partial charge in [-0.25, -0.2) is 0 Å². The van der Waals surface area contributed by atoms with Crippen LogP contribution in [0.15, 0.2) is 0 Å². The van der Waals surface area contributed by atoms with Crippen LogP contribution < -0.4 is 10.6 Å². The van der Waals surface area contributed by atoms with E-state index in [9.17, 15) is 9.59 Å². The van der Waals surface area contributed by atoms with E-state index >= 15 is 0 Å². The van der Waals surface area contributed by atoms with Gasteiger partial charge in [0.15, 0.2) is 0 Å². The Bertz CT molecular complexity index is 327. The van der Waals surface area contributed by atoms with Gasteiger partial charge in [0, 0.05) is 26.1 Å². The summed E-state index contributed by atoms with van der Waals surface area (Å²) in [6.07, 6.45) is 3.64. The van der Waals surface area contributed by atoms with Gasteiger partial charge in [-0.1, -0.05) is 6.92 Å². The van der Waals surface area contributed by atoms with Crippen LogP contribution in [0.5, 0.6) is 0 Å². The summed E-state index contributed by atoms with van der Waals surface area (Å²) in [6, 6.07) is 0. The lowest BCUT2D eigenvalue weighted by Crippen LogP contribution is -2.42. The van der Waals surface area contributed by atoms with Gasteiger partial charge < -0.3 is 15.5 Å². The summed E-state index contributed by atoms with van der Waals surface area (Å²) in [5.74, 6) is 0.651. The molecule has 1 atom stereocenters. The first-order valence-corrected chi connectivity index (χ1v) is 7.47. The fourth-order valence-electron chi connectivity index (χ4n) is 2.98. The second kappa shape index (κ2) is 6.89. The average Bonchev–Trinajstić information content (AvgIpc) is 2.85. The van der Waals surface area contributed by atoms with Crippen LogP contribution in [0.2, 0.25) is 0 Å². The molecular weight excluding hydrogens is 242 g/mol. The third-order valence-electron chi connectivity index (χ3n) is 4.07. The molecule has 2 amide bonds. The number of hydrogen-bond donors (Lipinski definition) is 2. The molecule has 5 nitrogen and oxygen atoms in total. The van der Waals surface area contributed by atoms with Crippen molar-refractivity contribution in [3.05, 3.63) is 0 Å². The summed E-state index contributed by atoms with van der Waals surface area (Å²) >= 11 is 0. The summed E-state index contributed by atoms with van der Waals surface area (Å²) < 4.78 is 0. The van der Waals surface area contributed by atoms with E-state index in [1.807, 2.05) is 4.90 Å². The third kappa shape index (κ3) is 3.93. The van der Waals surface area contributed by atoms with Crippen LogP contribution in [0.1, 0.15) is 32.6 Å². The number of nitrogens with zero attached hydrogens (tertiary/aromatic N) is 1. The van der Waals surface area contributed by atoms with E-state index in [0.717, 1.165) is 45.4 Å². The van der Waals surface area contributed by atoms with Gasteiger partial charge in [-0.3, -0.25) is 9.59 Å². The molecule has 1 unspecified atom stereocenters. The molecule has 2 aliphatic rings. The predicted octanol–water partition coefficient (Wildman–Crippen LogP) is 0.361.